The van der Waals surface area contributed by atoms with Gasteiger partial charge in [0.15, 0.2) is 0 Å². The molecule has 3 heteroatoms. The van der Waals surface area contributed by atoms with Crippen LogP contribution in [-0.2, 0) is 21.7 Å². The summed E-state index contributed by atoms with van der Waals surface area (Å²) in [4.78, 5) is 5.80. The molecule has 0 bridgehead atoms. The molecule has 2 aliphatic heterocycles. The Hall–Kier alpha value is -4.24. The first-order chi connectivity index (χ1) is 31.2. The summed E-state index contributed by atoms with van der Waals surface area (Å²) in [5.74, 6) is 0. The monoisotopic (exact) mass is 863 g/mol. The lowest BCUT2D eigenvalue weighted by Gasteiger charge is -2.50. The number of aryl methyl sites for hydroxylation is 1. The fourth-order valence-corrected chi connectivity index (χ4v) is 14.0. The maximum absolute atomic E-state index is 2.97. The van der Waals surface area contributed by atoms with E-state index in [1.165, 1.54) is 186 Å². The molecule has 1 saturated carbocycles. The SMILES string of the molecule is CCCCCCCCN1c2cc3c(cc2B2c4cc5c(cc4N(C4CCCCCCCCCC4)c4cc(C)cc1c42)C(C)(C)c1ccccc1C5(C)C)C(C)(C)c1ccccc1C3(C)C. The molecule has 0 aromatic heterocycles. The minimum Gasteiger partial charge on any atom is -0.342 e. The molecule has 0 N–H and O–H groups in total. The van der Waals surface area contributed by atoms with E-state index in [0.29, 0.717) is 6.04 Å². The largest absolute Gasteiger partial charge is 0.342 e. The van der Waals surface area contributed by atoms with Gasteiger partial charge in [-0.1, -0.05) is 206 Å². The van der Waals surface area contributed by atoms with E-state index in [1.54, 1.807) is 5.46 Å². The second-order valence-electron chi connectivity index (χ2n) is 23.5. The highest BCUT2D eigenvalue weighted by molar-refractivity contribution is 7.00. The number of benzene rings is 5. The van der Waals surface area contributed by atoms with Crippen LogP contribution in [0.15, 0.2) is 84.9 Å². The molecule has 2 heterocycles. The van der Waals surface area contributed by atoms with Crippen LogP contribution in [0.3, 0.4) is 0 Å². The van der Waals surface area contributed by atoms with Crippen LogP contribution >= 0.6 is 0 Å². The molecule has 5 aromatic rings. The van der Waals surface area contributed by atoms with E-state index in [0.717, 1.165) is 6.54 Å². The van der Waals surface area contributed by atoms with E-state index in [9.17, 15) is 0 Å². The van der Waals surface area contributed by atoms with E-state index < -0.39 is 0 Å². The van der Waals surface area contributed by atoms with Crippen molar-refractivity contribution < 1.29 is 0 Å². The highest BCUT2D eigenvalue weighted by Gasteiger charge is 2.50. The zero-order valence-corrected chi connectivity index (χ0v) is 42.2. The fraction of sp³-hybridized carbons (Fsp3) is 0.516. The lowest BCUT2D eigenvalue weighted by atomic mass is 9.32. The average Bonchev–Trinajstić information content (AvgIpc) is 3.35. The second-order valence-corrected chi connectivity index (χ2v) is 23.5. The molecule has 0 unspecified atom stereocenters. The van der Waals surface area contributed by atoms with Crippen LogP contribution in [0.4, 0.5) is 22.7 Å². The predicted octanol–water partition coefficient (Wildman–Crippen LogP) is 15.0. The van der Waals surface area contributed by atoms with E-state index in [1.807, 2.05) is 0 Å². The highest BCUT2D eigenvalue weighted by atomic mass is 15.2. The third-order valence-electron chi connectivity index (χ3n) is 17.8. The molecular weight excluding hydrogens is 784 g/mol. The van der Waals surface area contributed by atoms with Gasteiger partial charge in [-0.3, -0.25) is 0 Å². The summed E-state index contributed by atoms with van der Waals surface area (Å²) >= 11 is 0. The van der Waals surface area contributed by atoms with Gasteiger partial charge >= 0.3 is 0 Å². The lowest BCUT2D eigenvalue weighted by Crippen LogP contribution is -2.64. The molecule has 0 radical (unpaired) electrons. The average molecular weight is 863 g/mol. The van der Waals surface area contributed by atoms with Crippen LogP contribution in [0.2, 0.25) is 0 Å². The van der Waals surface area contributed by atoms with Gasteiger partial charge in [0.2, 0.25) is 0 Å². The summed E-state index contributed by atoms with van der Waals surface area (Å²) in [6.07, 6.45) is 21.2. The standard InChI is InChI=1S/C62H79BN2/c1-11-12-13-14-21-28-35-64-54-40-50-48(59(3,4)44-31-24-26-33-46(44)61(50,7)8)38-52(54)63-53-39-49-51(62(9,10)47-34-27-25-32-45(47)60(49,5)6)41-55(53)65(57-37-42(2)36-56(64)58(57)63)43-29-22-19-17-15-16-18-20-23-30-43/h24-27,31-34,36-41,43H,11-23,28-30,35H2,1-10H3. The number of nitrogens with zero attached hydrogens (tertiary/aromatic N) is 2. The topological polar surface area (TPSA) is 6.48 Å². The Balaban J connectivity index is 1.25. The highest BCUT2D eigenvalue weighted by Crippen LogP contribution is 2.54. The molecule has 0 saturated heterocycles. The summed E-state index contributed by atoms with van der Waals surface area (Å²) < 4.78 is 0. The third kappa shape index (κ3) is 7.17. The first-order valence-corrected chi connectivity index (χ1v) is 26.5. The number of anilines is 4. The van der Waals surface area contributed by atoms with E-state index in [4.69, 9.17) is 0 Å². The van der Waals surface area contributed by atoms with Crippen molar-refractivity contribution in [3.63, 3.8) is 0 Å². The number of rotatable bonds is 8. The molecular formula is C62H79BN2. The lowest BCUT2D eigenvalue weighted by molar-refractivity contribution is 0.500. The van der Waals surface area contributed by atoms with Gasteiger partial charge in [-0.15, -0.1) is 0 Å². The van der Waals surface area contributed by atoms with Crippen molar-refractivity contribution in [1.29, 1.82) is 0 Å². The fourth-order valence-electron chi connectivity index (χ4n) is 14.0. The molecule has 0 spiro atoms. The zero-order valence-electron chi connectivity index (χ0n) is 42.2. The van der Waals surface area contributed by atoms with Gasteiger partial charge in [0.05, 0.1) is 0 Å². The number of hydrogen-bond acceptors (Lipinski definition) is 2. The quantitative estimate of drug-likeness (QED) is 0.113. The van der Waals surface area contributed by atoms with Crippen molar-refractivity contribution in [3.8, 4) is 0 Å². The Labute approximate surface area is 395 Å². The Kier molecular flexibility index (Phi) is 11.5. The zero-order chi connectivity index (χ0) is 45.5. The van der Waals surface area contributed by atoms with Crippen LogP contribution < -0.4 is 26.2 Å². The van der Waals surface area contributed by atoms with Gasteiger partial charge in [-0.05, 0) is 117 Å². The number of fused-ring (bicyclic) bond motifs is 8. The Morgan fingerprint density at radius 1 is 0.462 bits per heavy atom. The molecule has 5 aliphatic rings. The van der Waals surface area contributed by atoms with Gasteiger partial charge in [0, 0.05) is 57.0 Å². The van der Waals surface area contributed by atoms with Crippen molar-refractivity contribution in [2.45, 2.75) is 200 Å². The normalized spacial score (nSPS) is 20.0. The summed E-state index contributed by atoms with van der Waals surface area (Å²) in [6.45, 7) is 25.9. The smallest absolute Gasteiger partial charge is 0.252 e. The van der Waals surface area contributed by atoms with E-state index in [2.05, 4.69) is 164 Å². The molecule has 10 rings (SSSR count). The first kappa shape index (κ1) is 44.6. The van der Waals surface area contributed by atoms with Crippen LogP contribution in [-0.4, -0.2) is 19.3 Å². The van der Waals surface area contributed by atoms with Crippen LogP contribution in [0.1, 0.15) is 215 Å². The molecule has 0 amide bonds. The minimum atomic E-state index is -0.126. The van der Waals surface area contributed by atoms with Gasteiger partial charge in [0.1, 0.15) is 0 Å². The summed E-state index contributed by atoms with van der Waals surface area (Å²) in [5.41, 5.74) is 23.4. The Morgan fingerprint density at radius 2 is 0.877 bits per heavy atom. The van der Waals surface area contributed by atoms with Gasteiger partial charge in [-0.2, -0.15) is 0 Å². The first-order valence-electron chi connectivity index (χ1n) is 26.5. The predicted molar refractivity (Wildman–Crippen MR) is 283 cm³/mol. The molecule has 2 nitrogen and oxygen atoms in total. The molecule has 0 atom stereocenters. The third-order valence-corrected chi connectivity index (χ3v) is 17.8. The van der Waals surface area contributed by atoms with E-state index >= 15 is 0 Å². The number of hydrogen-bond donors (Lipinski definition) is 0. The van der Waals surface area contributed by atoms with Crippen LogP contribution in [0.5, 0.6) is 0 Å². The van der Waals surface area contributed by atoms with E-state index in [-0.39, 0.29) is 28.4 Å². The van der Waals surface area contributed by atoms with Crippen LogP contribution in [0, 0.1) is 6.92 Å². The molecule has 1 fully saturated rings. The Morgan fingerprint density at radius 3 is 1.38 bits per heavy atom. The summed E-state index contributed by atoms with van der Waals surface area (Å²) in [6, 6.07) is 35.4. The van der Waals surface area contributed by atoms with Crippen LogP contribution in [0.25, 0.3) is 0 Å². The maximum Gasteiger partial charge on any atom is 0.252 e. The van der Waals surface area contributed by atoms with Crippen molar-refractivity contribution in [1.82, 2.24) is 0 Å². The van der Waals surface area contributed by atoms with Crippen molar-refractivity contribution in [3.05, 3.63) is 135 Å². The summed E-state index contributed by atoms with van der Waals surface area (Å²) in [5, 5.41) is 0. The van der Waals surface area contributed by atoms with Crippen molar-refractivity contribution >= 4 is 45.9 Å². The maximum atomic E-state index is 2.97. The molecule has 3 aliphatic carbocycles. The van der Waals surface area contributed by atoms with Crippen molar-refractivity contribution in [2.24, 2.45) is 0 Å². The minimum absolute atomic E-state index is 0.113. The Bertz CT molecular complexity index is 2590. The van der Waals surface area contributed by atoms with Crippen molar-refractivity contribution in [2.75, 3.05) is 16.3 Å². The molecule has 5 aromatic carbocycles. The molecule has 340 valence electrons. The molecule has 65 heavy (non-hydrogen) atoms. The van der Waals surface area contributed by atoms with Gasteiger partial charge < -0.3 is 9.80 Å². The second kappa shape index (κ2) is 16.8. The van der Waals surface area contributed by atoms with Gasteiger partial charge in [0.25, 0.3) is 6.71 Å². The number of unbranched alkanes of at least 4 members (excludes halogenated alkanes) is 5. The van der Waals surface area contributed by atoms with Gasteiger partial charge in [-0.25, -0.2) is 0 Å². The summed E-state index contributed by atoms with van der Waals surface area (Å²) in [7, 11) is 0.